The lowest BCUT2D eigenvalue weighted by Gasteiger charge is -2.36. The maximum Gasteiger partial charge on any atom is 0.0492 e. The van der Waals surface area contributed by atoms with Crippen molar-refractivity contribution < 1.29 is 0 Å². The van der Waals surface area contributed by atoms with Crippen LogP contribution in [0.15, 0.2) is 30.3 Å². The molecule has 1 atom stereocenters. The Labute approximate surface area is 98.6 Å². The number of hydrogen-bond acceptors (Lipinski definition) is 2. The average molecular weight is 218 g/mol. The Bertz CT molecular complexity index is 297. The van der Waals surface area contributed by atoms with Crippen molar-refractivity contribution in [2.24, 2.45) is 0 Å². The number of benzene rings is 1. The van der Waals surface area contributed by atoms with E-state index in [9.17, 15) is 0 Å². The summed E-state index contributed by atoms with van der Waals surface area (Å²) >= 11 is 0. The predicted octanol–water partition coefficient (Wildman–Crippen LogP) is 3.13. The number of nitrogens with zero attached hydrogens (tertiary/aromatic N) is 1. The molecule has 1 saturated heterocycles. The molecule has 0 radical (unpaired) electrons. The lowest BCUT2D eigenvalue weighted by Crippen LogP contribution is -2.44. The van der Waals surface area contributed by atoms with Crippen LogP contribution in [0.25, 0.3) is 0 Å². The minimum atomic E-state index is 0.571. The molecule has 2 heteroatoms. The highest BCUT2D eigenvalue weighted by Gasteiger charge is 2.22. The van der Waals surface area contributed by atoms with Crippen LogP contribution in [0, 0.1) is 0 Å². The molecule has 1 aromatic rings. The lowest BCUT2D eigenvalue weighted by atomic mass is 9.97. The fourth-order valence-corrected chi connectivity index (χ4v) is 2.40. The van der Waals surface area contributed by atoms with Crippen molar-refractivity contribution in [2.75, 3.05) is 13.1 Å². The summed E-state index contributed by atoms with van der Waals surface area (Å²) in [5, 5.41) is 2.43. The van der Waals surface area contributed by atoms with Gasteiger partial charge < -0.3 is 0 Å². The fraction of sp³-hybridized carbons (Fsp3) is 0.571. The Morgan fingerprint density at radius 1 is 1.25 bits per heavy atom. The van der Waals surface area contributed by atoms with E-state index >= 15 is 0 Å². The highest BCUT2D eigenvalue weighted by atomic mass is 15.5. The molecule has 0 saturated carbocycles. The third kappa shape index (κ3) is 2.83. The minimum Gasteiger partial charge on any atom is -0.255 e. The smallest absolute Gasteiger partial charge is 0.0492 e. The average Bonchev–Trinajstić information content (AvgIpc) is 2.38. The van der Waals surface area contributed by atoms with Crippen LogP contribution in [-0.4, -0.2) is 18.1 Å². The highest BCUT2D eigenvalue weighted by molar-refractivity contribution is 5.19. The van der Waals surface area contributed by atoms with Crippen molar-refractivity contribution in [2.45, 2.75) is 38.6 Å². The number of rotatable bonds is 4. The van der Waals surface area contributed by atoms with Crippen molar-refractivity contribution >= 4 is 0 Å². The number of hydrogen-bond donors (Lipinski definition) is 1. The highest BCUT2D eigenvalue weighted by Crippen LogP contribution is 2.28. The second-order valence-electron chi connectivity index (χ2n) is 4.52. The first kappa shape index (κ1) is 11.6. The van der Waals surface area contributed by atoms with Gasteiger partial charge in [0, 0.05) is 19.1 Å². The van der Waals surface area contributed by atoms with Crippen LogP contribution >= 0.6 is 0 Å². The Morgan fingerprint density at radius 3 is 2.81 bits per heavy atom. The maximum atomic E-state index is 3.55. The van der Waals surface area contributed by atoms with Gasteiger partial charge in [0.25, 0.3) is 0 Å². The largest absolute Gasteiger partial charge is 0.255 e. The summed E-state index contributed by atoms with van der Waals surface area (Å²) in [4.78, 5) is 0. The van der Waals surface area contributed by atoms with E-state index in [1.165, 1.54) is 37.8 Å². The first-order valence-corrected chi connectivity index (χ1v) is 6.47. The van der Waals surface area contributed by atoms with Crippen molar-refractivity contribution in [3.05, 3.63) is 35.9 Å². The monoisotopic (exact) mass is 218 g/mol. The Morgan fingerprint density at radius 2 is 2.06 bits per heavy atom. The second-order valence-corrected chi connectivity index (χ2v) is 4.52. The summed E-state index contributed by atoms with van der Waals surface area (Å²) in [5.41, 5.74) is 5.00. The summed E-state index contributed by atoms with van der Waals surface area (Å²) in [7, 11) is 0. The van der Waals surface area contributed by atoms with Crippen molar-refractivity contribution in [1.29, 1.82) is 0 Å². The van der Waals surface area contributed by atoms with E-state index < -0.39 is 0 Å². The van der Waals surface area contributed by atoms with Gasteiger partial charge in [-0.05, 0) is 24.8 Å². The molecule has 1 N–H and O–H groups in total. The van der Waals surface area contributed by atoms with Gasteiger partial charge >= 0.3 is 0 Å². The Balaban J connectivity index is 2.04. The van der Waals surface area contributed by atoms with Crippen LogP contribution < -0.4 is 5.43 Å². The van der Waals surface area contributed by atoms with Gasteiger partial charge in [0.05, 0.1) is 0 Å². The van der Waals surface area contributed by atoms with E-state index in [1.54, 1.807) is 0 Å². The van der Waals surface area contributed by atoms with Gasteiger partial charge in [-0.25, -0.2) is 5.01 Å². The topological polar surface area (TPSA) is 15.3 Å². The molecule has 1 aliphatic rings. The summed E-state index contributed by atoms with van der Waals surface area (Å²) in [6, 6.07) is 11.4. The van der Waals surface area contributed by atoms with Gasteiger partial charge in [0.1, 0.15) is 0 Å². The fourth-order valence-electron chi connectivity index (χ4n) is 2.40. The van der Waals surface area contributed by atoms with Gasteiger partial charge in [-0.15, -0.1) is 0 Å². The van der Waals surface area contributed by atoms with Gasteiger partial charge in [-0.3, -0.25) is 5.43 Å². The quantitative estimate of drug-likeness (QED) is 0.835. The molecule has 2 nitrogen and oxygen atoms in total. The standard InChI is InChI=1S/C14H22N2/c1-2-11-15-16-12-7-6-10-14(16)13-8-4-3-5-9-13/h3-5,8-9,14-15H,2,6-7,10-12H2,1H3. The summed E-state index contributed by atoms with van der Waals surface area (Å²) in [6.07, 6.45) is 5.14. The summed E-state index contributed by atoms with van der Waals surface area (Å²) < 4.78 is 0. The van der Waals surface area contributed by atoms with Crippen LogP contribution in [-0.2, 0) is 0 Å². The SMILES string of the molecule is CCCNN1CCCCC1c1ccccc1. The van der Waals surface area contributed by atoms with E-state index in [-0.39, 0.29) is 0 Å². The molecule has 1 aromatic carbocycles. The first-order valence-electron chi connectivity index (χ1n) is 6.47. The molecule has 16 heavy (non-hydrogen) atoms. The predicted molar refractivity (Wildman–Crippen MR) is 68.0 cm³/mol. The molecule has 1 unspecified atom stereocenters. The van der Waals surface area contributed by atoms with Crippen molar-refractivity contribution in [1.82, 2.24) is 10.4 Å². The van der Waals surface area contributed by atoms with Crippen molar-refractivity contribution in [3.63, 3.8) is 0 Å². The molecule has 1 fully saturated rings. The van der Waals surface area contributed by atoms with Gasteiger partial charge in [0.2, 0.25) is 0 Å². The lowest BCUT2D eigenvalue weighted by molar-refractivity contribution is 0.0859. The van der Waals surface area contributed by atoms with Crippen LogP contribution in [0.4, 0.5) is 0 Å². The molecule has 1 aliphatic heterocycles. The molecule has 0 aliphatic carbocycles. The molecule has 0 amide bonds. The molecular weight excluding hydrogens is 196 g/mol. The van der Waals surface area contributed by atoms with E-state index in [2.05, 4.69) is 47.7 Å². The normalized spacial score (nSPS) is 22.2. The van der Waals surface area contributed by atoms with Crippen LogP contribution in [0.2, 0.25) is 0 Å². The van der Waals surface area contributed by atoms with Crippen molar-refractivity contribution in [3.8, 4) is 0 Å². The molecule has 0 bridgehead atoms. The zero-order valence-electron chi connectivity index (χ0n) is 10.2. The first-order chi connectivity index (χ1) is 7.92. The van der Waals surface area contributed by atoms with Gasteiger partial charge in [-0.2, -0.15) is 0 Å². The Kier molecular flexibility index (Phi) is 4.37. The van der Waals surface area contributed by atoms with Gasteiger partial charge in [-0.1, -0.05) is 43.7 Å². The third-order valence-corrected chi connectivity index (χ3v) is 3.25. The van der Waals surface area contributed by atoms with Crippen LogP contribution in [0.3, 0.4) is 0 Å². The van der Waals surface area contributed by atoms with Gasteiger partial charge in [0.15, 0.2) is 0 Å². The second kappa shape index (κ2) is 6.02. The van der Waals surface area contributed by atoms with Crippen LogP contribution in [0.1, 0.15) is 44.2 Å². The molecule has 1 heterocycles. The van der Waals surface area contributed by atoms with E-state index in [4.69, 9.17) is 0 Å². The van der Waals surface area contributed by atoms with E-state index in [1.807, 2.05) is 0 Å². The Hall–Kier alpha value is -0.860. The summed E-state index contributed by atoms with van der Waals surface area (Å²) in [5.74, 6) is 0. The number of hydrazine groups is 1. The third-order valence-electron chi connectivity index (χ3n) is 3.25. The molecule has 88 valence electrons. The molecule has 0 aromatic heterocycles. The minimum absolute atomic E-state index is 0.571. The molecule has 0 spiro atoms. The zero-order chi connectivity index (χ0) is 11.2. The zero-order valence-corrected chi connectivity index (χ0v) is 10.2. The van der Waals surface area contributed by atoms with Crippen LogP contribution in [0.5, 0.6) is 0 Å². The van der Waals surface area contributed by atoms with E-state index in [0.29, 0.717) is 6.04 Å². The molecule has 2 rings (SSSR count). The summed E-state index contributed by atoms with van der Waals surface area (Å²) in [6.45, 7) is 4.48. The number of piperidine rings is 1. The molecular formula is C14H22N2. The van der Waals surface area contributed by atoms with E-state index in [0.717, 1.165) is 6.54 Å². The maximum absolute atomic E-state index is 3.55. The number of nitrogens with one attached hydrogen (secondary N) is 1.